The van der Waals surface area contributed by atoms with Crippen molar-refractivity contribution in [2.45, 2.75) is 12.8 Å². The molecule has 0 saturated carbocycles. The lowest BCUT2D eigenvalue weighted by Crippen LogP contribution is -2.25. The quantitative estimate of drug-likeness (QED) is 0.321. The number of carbonyl (C=O) groups excluding carboxylic acids is 1. The monoisotopic (exact) mass is 496 g/mol. The van der Waals surface area contributed by atoms with Crippen LogP contribution in [0.15, 0.2) is 120 Å². The smallest absolute Gasteiger partial charge is 0.278 e. The fraction of sp³-hybridized carbons (Fsp3) is 0.0625. The first-order valence-electron chi connectivity index (χ1n) is 12.4. The molecule has 0 aliphatic heterocycles. The normalized spacial score (nSPS) is 11.1. The summed E-state index contributed by atoms with van der Waals surface area (Å²) >= 11 is 0. The molecule has 2 heterocycles. The molecule has 0 atom stereocenters. The van der Waals surface area contributed by atoms with Crippen molar-refractivity contribution in [1.29, 1.82) is 0 Å². The number of nitrogens with zero attached hydrogens (tertiary/aromatic N) is 3. The molecule has 6 rings (SSSR count). The van der Waals surface area contributed by atoms with E-state index in [1.54, 1.807) is 22.9 Å². The summed E-state index contributed by atoms with van der Waals surface area (Å²) < 4.78 is 1.57. The topological polar surface area (TPSA) is 76.9 Å². The van der Waals surface area contributed by atoms with Crippen LogP contribution in [0, 0.1) is 0 Å². The molecule has 0 saturated heterocycles. The number of carbonyl (C=O) groups is 1. The molecule has 0 fully saturated rings. The van der Waals surface area contributed by atoms with Gasteiger partial charge in [0.05, 0.1) is 12.1 Å². The van der Waals surface area contributed by atoms with Gasteiger partial charge in [-0.25, -0.2) is 9.97 Å². The van der Waals surface area contributed by atoms with Crippen molar-refractivity contribution in [2.24, 2.45) is 0 Å². The standard InChI is InChI=1S/C32H24N4O2/c37-30(20-24-13-6-12-23-11-4-5-16-27(23)24)34-25-14-7-15-26(21-25)36-31-28(17-8-18-33-31)35-29(32(36)38)19-22-9-2-1-3-10-22/h1-18,21H,19-20H2,(H,34,37). The van der Waals surface area contributed by atoms with Gasteiger partial charge in [0, 0.05) is 18.3 Å². The Morgan fingerprint density at radius 3 is 2.50 bits per heavy atom. The van der Waals surface area contributed by atoms with Crippen molar-refractivity contribution in [3.8, 4) is 5.69 Å². The molecule has 38 heavy (non-hydrogen) atoms. The maximum atomic E-state index is 13.7. The van der Waals surface area contributed by atoms with Crippen LogP contribution in [0.1, 0.15) is 16.8 Å². The van der Waals surface area contributed by atoms with Crippen LogP contribution in [-0.2, 0) is 17.6 Å². The largest absolute Gasteiger partial charge is 0.326 e. The third-order valence-electron chi connectivity index (χ3n) is 6.52. The minimum atomic E-state index is -0.237. The van der Waals surface area contributed by atoms with E-state index in [4.69, 9.17) is 0 Å². The lowest BCUT2D eigenvalue weighted by molar-refractivity contribution is -0.115. The molecular weight excluding hydrogens is 472 g/mol. The lowest BCUT2D eigenvalue weighted by atomic mass is 10.0. The Morgan fingerprint density at radius 1 is 0.816 bits per heavy atom. The van der Waals surface area contributed by atoms with E-state index in [0.29, 0.717) is 34.7 Å². The maximum Gasteiger partial charge on any atom is 0.278 e. The van der Waals surface area contributed by atoms with E-state index in [9.17, 15) is 9.59 Å². The SMILES string of the molecule is O=C(Cc1cccc2ccccc12)Nc1cccc(-n2c(=O)c(Cc3ccccc3)nc3cccnc32)c1. The summed E-state index contributed by atoms with van der Waals surface area (Å²) in [7, 11) is 0. The van der Waals surface area contributed by atoms with Crippen LogP contribution in [0.2, 0.25) is 0 Å². The van der Waals surface area contributed by atoms with Crippen LogP contribution in [0.25, 0.3) is 27.6 Å². The summed E-state index contributed by atoms with van der Waals surface area (Å²) in [6.07, 6.45) is 2.30. The summed E-state index contributed by atoms with van der Waals surface area (Å²) in [5, 5.41) is 5.16. The number of rotatable bonds is 6. The zero-order valence-corrected chi connectivity index (χ0v) is 20.5. The highest BCUT2D eigenvalue weighted by Crippen LogP contribution is 2.21. The molecule has 6 nitrogen and oxygen atoms in total. The van der Waals surface area contributed by atoms with E-state index >= 15 is 0 Å². The second-order valence-electron chi connectivity index (χ2n) is 9.12. The molecule has 0 unspecified atom stereocenters. The van der Waals surface area contributed by atoms with Crippen LogP contribution in [0.3, 0.4) is 0 Å². The Kier molecular flexibility index (Phi) is 6.20. The van der Waals surface area contributed by atoms with Gasteiger partial charge in [0.25, 0.3) is 5.56 Å². The van der Waals surface area contributed by atoms with Crippen LogP contribution in [-0.4, -0.2) is 20.4 Å². The third-order valence-corrected chi connectivity index (χ3v) is 6.52. The van der Waals surface area contributed by atoms with Crippen LogP contribution >= 0.6 is 0 Å². The number of fused-ring (bicyclic) bond motifs is 2. The molecule has 6 heteroatoms. The second-order valence-corrected chi connectivity index (χ2v) is 9.12. The number of benzene rings is 4. The summed E-state index contributed by atoms with van der Waals surface area (Å²) in [5.41, 5.74) is 4.46. The highest BCUT2D eigenvalue weighted by atomic mass is 16.1. The summed E-state index contributed by atoms with van der Waals surface area (Å²) in [4.78, 5) is 35.8. The summed E-state index contributed by atoms with van der Waals surface area (Å²) in [5.74, 6) is -0.131. The molecule has 0 bridgehead atoms. The van der Waals surface area contributed by atoms with Crippen molar-refractivity contribution in [3.05, 3.63) is 143 Å². The molecule has 4 aromatic carbocycles. The van der Waals surface area contributed by atoms with Crippen LogP contribution in [0.5, 0.6) is 0 Å². The fourth-order valence-corrected chi connectivity index (χ4v) is 4.76. The summed E-state index contributed by atoms with van der Waals surface area (Å²) in [6, 6.07) is 34.7. The predicted octanol–water partition coefficient (Wildman–Crippen LogP) is 5.71. The van der Waals surface area contributed by atoms with Crippen molar-refractivity contribution >= 4 is 33.5 Å². The van der Waals surface area contributed by atoms with E-state index in [1.165, 1.54) is 0 Å². The Morgan fingerprint density at radius 2 is 1.61 bits per heavy atom. The molecular formula is C32H24N4O2. The van der Waals surface area contributed by atoms with Gasteiger partial charge in [-0.3, -0.25) is 14.2 Å². The van der Waals surface area contributed by atoms with Gasteiger partial charge in [0.15, 0.2) is 5.65 Å². The molecule has 0 spiro atoms. The van der Waals surface area contributed by atoms with Crippen LogP contribution in [0.4, 0.5) is 5.69 Å². The zero-order valence-electron chi connectivity index (χ0n) is 20.5. The highest BCUT2D eigenvalue weighted by molar-refractivity contribution is 5.96. The highest BCUT2D eigenvalue weighted by Gasteiger charge is 2.15. The Labute approximate surface area is 219 Å². The van der Waals surface area contributed by atoms with Crippen molar-refractivity contribution in [2.75, 3.05) is 5.32 Å². The molecule has 184 valence electrons. The summed E-state index contributed by atoms with van der Waals surface area (Å²) in [6.45, 7) is 0. The number of nitrogens with one attached hydrogen (secondary N) is 1. The van der Waals surface area contributed by atoms with Gasteiger partial charge >= 0.3 is 0 Å². The van der Waals surface area contributed by atoms with E-state index < -0.39 is 0 Å². The third kappa shape index (κ3) is 4.67. The predicted molar refractivity (Wildman–Crippen MR) is 151 cm³/mol. The number of hydrogen-bond acceptors (Lipinski definition) is 4. The van der Waals surface area contributed by atoms with Crippen molar-refractivity contribution in [1.82, 2.24) is 14.5 Å². The average Bonchev–Trinajstić information content (AvgIpc) is 2.94. The molecule has 2 aromatic heterocycles. The lowest BCUT2D eigenvalue weighted by Gasteiger charge is -2.13. The van der Waals surface area contributed by atoms with Gasteiger partial charge in [-0.1, -0.05) is 78.9 Å². The first kappa shape index (κ1) is 23.3. The van der Waals surface area contributed by atoms with Crippen molar-refractivity contribution in [3.63, 3.8) is 0 Å². The Hall–Kier alpha value is -5.10. The molecule has 0 radical (unpaired) electrons. The van der Waals surface area contributed by atoms with E-state index in [1.807, 2.05) is 97.1 Å². The average molecular weight is 497 g/mol. The fourth-order valence-electron chi connectivity index (χ4n) is 4.76. The first-order valence-corrected chi connectivity index (χ1v) is 12.4. The van der Waals surface area contributed by atoms with E-state index in [-0.39, 0.29) is 17.9 Å². The number of anilines is 1. The minimum absolute atomic E-state index is 0.131. The molecule has 0 aliphatic rings. The molecule has 0 aliphatic carbocycles. The van der Waals surface area contributed by atoms with Gasteiger partial charge in [-0.2, -0.15) is 0 Å². The van der Waals surface area contributed by atoms with Gasteiger partial charge < -0.3 is 5.32 Å². The number of hydrogen-bond donors (Lipinski definition) is 1. The molecule has 1 N–H and O–H groups in total. The van der Waals surface area contributed by atoms with Gasteiger partial charge in [-0.15, -0.1) is 0 Å². The number of amides is 1. The van der Waals surface area contributed by atoms with Gasteiger partial charge in [0.2, 0.25) is 5.91 Å². The first-order chi connectivity index (χ1) is 18.7. The number of aromatic nitrogens is 3. The maximum absolute atomic E-state index is 13.7. The van der Waals surface area contributed by atoms with E-state index in [0.717, 1.165) is 21.9 Å². The molecule has 6 aromatic rings. The van der Waals surface area contributed by atoms with Crippen LogP contribution < -0.4 is 10.9 Å². The Balaban J connectivity index is 1.34. The van der Waals surface area contributed by atoms with E-state index in [2.05, 4.69) is 15.3 Å². The Bertz CT molecular complexity index is 1840. The second kappa shape index (κ2) is 10.1. The van der Waals surface area contributed by atoms with Crippen molar-refractivity contribution < 1.29 is 4.79 Å². The van der Waals surface area contributed by atoms with Gasteiger partial charge in [-0.05, 0) is 52.2 Å². The molecule has 1 amide bonds. The zero-order chi connectivity index (χ0) is 25.9. The minimum Gasteiger partial charge on any atom is -0.326 e. The number of pyridine rings is 1. The van der Waals surface area contributed by atoms with Gasteiger partial charge in [0.1, 0.15) is 11.2 Å².